The van der Waals surface area contributed by atoms with Gasteiger partial charge in [-0.3, -0.25) is 0 Å². The lowest BCUT2D eigenvalue weighted by molar-refractivity contribution is 1.26. The molecule has 1 aromatic heterocycles. The van der Waals surface area contributed by atoms with Crippen molar-refractivity contribution in [3.05, 3.63) is 132 Å². The summed E-state index contributed by atoms with van der Waals surface area (Å²) < 4.78 is 9.63. The van der Waals surface area contributed by atoms with Crippen LogP contribution in [0, 0.1) is 13.8 Å². The average molecular weight is 499 g/mol. The summed E-state index contributed by atoms with van der Waals surface area (Å²) in [5.74, 6) is 0. The zero-order chi connectivity index (χ0) is 25.2. The number of aromatic nitrogens is 2. The van der Waals surface area contributed by atoms with Gasteiger partial charge >= 0.3 is 0 Å². The third-order valence-electron chi connectivity index (χ3n) is 6.47. The fourth-order valence-electron chi connectivity index (χ4n) is 4.60. The van der Waals surface area contributed by atoms with Crippen LogP contribution in [-0.2, 0) is 0 Å². The van der Waals surface area contributed by atoms with Crippen LogP contribution < -0.4 is 9.80 Å². The van der Waals surface area contributed by atoms with Crippen molar-refractivity contribution in [2.24, 2.45) is 0 Å². The standard InChI is InChI=1S/C32H26N4S/c1-23-13-17-27(18-14-23)35(25-9-5-3-6-10-25)29-21-22-30(32-31(29)33-37-34-32)36(26-11-7-4-8-12-26)28-19-15-24(2)16-20-28/h3-22H,1-2H3. The third-order valence-corrected chi connectivity index (χ3v) is 7.00. The molecular weight excluding hydrogens is 472 g/mol. The molecule has 0 spiro atoms. The molecule has 6 aromatic rings. The van der Waals surface area contributed by atoms with Crippen molar-refractivity contribution in [1.82, 2.24) is 8.75 Å². The maximum atomic E-state index is 4.81. The maximum Gasteiger partial charge on any atom is 0.130 e. The van der Waals surface area contributed by atoms with Crippen LogP contribution in [-0.4, -0.2) is 8.75 Å². The van der Waals surface area contributed by atoms with Crippen molar-refractivity contribution < 1.29 is 0 Å². The second-order valence-electron chi connectivity index (χ2n) is 9.08. The molecule has 6 rings (SSSR count). The summed E-state index contributed by atoms with van der Waals surface area (Å²) in [6, 6.07) is 42.4. The molecule has 5 heteroatoms. The number of fused-ring (bicyclic) bond motifs is 1. The lowest BCUT2D eigenvalue weighted by Crippen LogP contribution is -2.13. The van der Waals surface area contributed by atoms with Crippen LogP contribution in [0.2, 0.25) is 0 Å². The summed E-state index contributed by atoms with van der Waals surface area (Å²) in [5.41, 5.74) is 10.5. The van der Waals surface area contributed by atoms with Crippen molar-refractivity contribution in [2.75, 3.05) is 9.80 Å². The van der Waals surface area contributed by atoms with E-state index in [1.807, 2.05) is 12.1 Å². The summed E-state index contributed by atoms with van der Waals surface area (Å²) in [7, 11) is 0. The molecule has 180 valence electrons. The highest BCUT2D eigenvalue weighted by atomic mass is 32.1. The minimum absolute atomic E-state index is 0.875. The van der Waals surface area contributed by atoms with Crippen molar-refractivity contribution in [1.29, 1.82) is 0 Å². The van der Waals surface area contributed by atoms with Crippen molar-refractivity contribution >= 4 is 56.9 Å². The Morgan fingerprint density at radius 2 is 0.784 bits per heavy atom. The van der Waals surface area contributed by atoms with Gasteiger partial charge in [0, 0.05) is 22.7 Å². The Balaban J connectivity index is 1.56. The molecular formula is C32H26N4S. The van der Waals surface area contributed by atoms with E-state index >= 15 is 0 Å². The number of para-hydroxylation sites is 2. The molecule has 0 N–H and O–H groups in total. The van der Waals surface area contributed by atoms with Gasteiger partial charge in [-0.1, -0.05) is 71.8 Å². The van der Waals surface area contributed by atoms with Gasteiger partial charge in [0.05, 0.1) is 23.1 Å². The van der Waals surface area contributed by atoms with Crippen molar-refractivity contribution in [3.8, 4) is 0 Å². The molecule has 4 nitrogen and oxygen atoms in total. The van der Waals surface area contributed by atoms with Gasteiger partial charge in [-0.05, 0) is 74.5 Å². The average Bonchev–Trinajstić information content (AvgIpc) is 3.44. The Bertz CT molecular complexity index is 1500. The van der Waals surface area contributed by atoms with Gasteiger partial charge in [0.1, 0.15) is 11.0 Å². The molecule has 0 amide bonds. The molecule has 0 bridgehead atoms. The van der Waals surface area contributed by atoms with Gasteiger partial charge in [0.2, 0.25) is 0 Å². The molecule has 0 aliphatic heterocycles. The lowest BCUT2D eigenvalue weighted by Gasteiger charge is -2.28. The molecule has 0 saturated carbocycles. The molecule has 0 aliphatic carbocycles. The van der Waals surface area contributed by atoms with Crippen LogP contribution in [0.5, 0.6) is 0 Å². The third kappa shape index (κ3) is 4.46. The minimum Gasteiger partial charge on any atom is -0.308 e. The van der Waals surface area contributed by atoms with Gasteiger partial charge in [0.15, 0.2) is 0 Å². The first-order valence-corrected chi connectivity index (χ1v) is 13.0. The number of hydrogen-bond donors (Lipinski definition) is 0. The highest BCUT2D eigenvalue weighted by Crippen LogP contribution is 2.44. The zero-order valence-corrected chi connectivity index (χ0v) is 21.6. The van der Waals surface area contributed by atoms with E-state index < -0.39 is 0 Å². The van der Waals surface area contributed by atoms with Crippen molar-refractivity contribution in [2.45, 2.75) is 13.8 Å². The lowest BCUT2D eigenvalue weighted by atomic mass is 10.1. The van der Waals surface area contributed by atoms with Crippen LogP contribution in [0.4, 0.5) is 34.1 Å². The molecule has 0 fully saturated rings. The SMILES string of the molecule is Cc1ccc(N(c2ccccc2)c2ccc(N(c3ccccc3)c3ccc(C)cc3)c3nsnc23)cc1. The number of anilines is 6. The molecule has 1 heterocycles. The predicted octanol–water partition coefficient (Wildman–Crippen LogP) is 9.25. The predicted molar refractivity (Wildman–Crippen MR) is 156 cm³/mol. The number of benzene rings is 5. The first-order valence-electron chi connectivity index (χ1n) is 12.3. The summed E-state index contributed by atoms with van der Waals surface area (Å²) in [6.07, 6.45) is 0. The number of aryl methyl sites for hydroxylation is 2. The minimum atomic E-state index is 0.875. The van der Waals surface area contributed by atoms with Gasteiger partial charge in [-0.25, -0.2) is 0 Å². The van der Waals surface area contributed by atoms with E-state index in [0.29, 0.717) is 0 Å². The zero-order valence-electron chi connectivity index (χ0n) is 20.7. The number of nitrogens with zero attached hydrogens (tertiary/aromatic N) is 4. The van der Waals surface area contributed by atoms with E-state index in [1.165, 1.54) is 22.9 Å². The van der Waals surface area contributed by atoms with Gasteiger partial charge in [-0.15, -0.1) is 0 Å². The second-order valence-corrected chi connectivity index (χ2v) is 9.61. The van der Waals surface area contributed by atoms with E-state index in [4.69, 9.17) is 8.75 Å². The maximum absolute atomic E-state index is 4.81. The van der Waals surface area contributed by atoms with E-state index in [0.717, 1.165) is 45.2 Å². The molecule has 0 saturated heterocycles. The van der Waals surface area contributed by atoms with Gasteiger partial charge < -0.3 is 9.80 Å². The van der Waals surface area contributed by atoms with Crippen LogP contribution in [0.3, 0.4) is 0 Å². The quantitative estimate of drug-likeness (QED) is 0.229. The normalized spacial score (nSPS) is 11.0. The molecule has 0 unspecified atom stereocenters. The van der Waals surface area contributed by atoms with Crippen LogP contribution in [0.1, 0.15) is 11.1 Å². The Kier molecular flexibility index (Phi) is 6.13. The van der Waals surface area contributed by atoms with E-state index in [-0.39, 0.29) is 0 Å². The Morgan fingerprint density at radius 1 is 0.432 bits per heavy atom. The Labute approximate surface area is 221 Å². The molecule has 0 atom stereocenters. The summed E-state index contributed by atoms with van der Waals surface area (Å²) in [4.78, 5) is 4.51. The largest absolute Gasteiger partial charge is 0.308 e. The van der Waals surface area contributed by atoms with E-state index in [1.54, 1.807) is 0 Å². The molecule has 0 radical (unpaired) electrons. The van der Waals surface area contributed by atoms with Crippen LogP contribution >= 0.6 is 11.7 Å². The monoisotopic (exact) mass is 498 g/mol. The van der Waals surface area contributed by atoms with Crippen molar-refractivity contribution in [3.63, 3.8) is 0 Å². The van der Waals surface area contributed by atoms with E-state index in [2.05, 4.69) is 133 Å². The summed E-state index contributed by atoms with van der Waals surface area (Å²) in [5, 5.41) is 0. The molecule has 5 aromatic carbocycles. The highest BCUT2D eigenvalue weighted by Gasteiger charge is 2.22. The number of rotatable bonds is 6. The first-order chi connectivity index (χ1) is 18.2. The summed E-state index contributed by atoms with van der Waals surface area (Å²) in [6.45, 7) is 4.22. The number of hydrogen-bond acceptors (Lipinski definition) is 5. The van der Waals surface area contributed by atoms with Crippen LogP contribution in [0.25, 0.3) is 11.0 Å². The Hall–Kier alpha value is -4.48. The van der Waals surface area contributed by atoms with Gasteiger partial charge in [0.25, 0.3) is 0 Å². The molecule has 0 aliphatic rings. The smallest absolute Gasteiger partial charge is 0.130 e. The van der Waals surface area contributed by atoms with Crippen LogP contribution in [0.15, 0.2) is 121 Å². The van der Waals surface area contributed by atoms with E-state index in [9.17, 15) is 0 Å². The second kappa shape index (κ2) is 9.88. The fourth-order valence-corrected chi connectivity index (χ4v) is 5.16. The Morgan fingerprint density at radius 3 is 1.16 bits per heavy atom. The summed E-state index contributed by atoms with van der Waals surface area (Å²) >= 11 is 1.25. The first kappa shape index (κ1) is 23.0. The fraction of sp³-hybridized carbons (Fsp3) is 0.0625. The van der Waals surface area contributed by atoms with Gasteiger partial charge in [-0.2, -0.15) is 8.75 Å². The highest BCUT2D eigenvalue weighted by molar-refractivity contribution is 7.00. The molecule has 37 heavy (non-hydrogen) atoms. The topological polar surface area (TPSA) is 32.3 Å².